The lowest BCUT2D eigenvalue weighted by atomic mass is 10.5. The Morgan fingerprint density at radius 1 is 1.21 bits per heavy atom. The first-order chi connectivity index (χ1) is 8.68. The summed E-state index contributed by atoms with van der Waals surface area (Å²) in [5, 5.41) is 8.04. The number of primary sulfonamides is 1. The zero-order chi connectivity index (χ0) is 14.3. The number of sulfonamides is 1. The molecule has 102 valence electrons. The molecule has 2 N–H and O–H groups in total. The van der Waals surface area contributed by atoms with Gasteiger partial charge in [-0.05, 0) is 12.1 Å². The standard InChI is InChI=1S/C8H6F3N5O2S/c9-8(10,11)7-14-4-16(15-7)6-2-1-5(3-13-6)19(12,17)18/h1-4H,(H2,12,17,18). The van der Waals surface area contributed by atoms with Gasteiger partial charge in [0.05, 0.1) is 0 Å². The third kappa shape index (κ3) is 2.88. The van der Waals surface area contributed by atoms with Crippen LogP contribution in [-0.4, -0.2) is 28.2 Å². The first-order valence-corrected chi connectivity index (χ1v) is 6.20. The number of aromatic nitrogens is 4. The Morgan fingerprint density at radius 3 is 2.32 bits per heavy atom. The molecule has 0 saturated carbocycles. The molecule has 0 radical (unpaired) electrons. The van der Waals surface area contributed by atoms with E-state index in [1.54, 1.807) is 0 Å². The zero-order valence-electron chi connectivity index (χ0n) is 9.03. The second-order valence-corrected chi connectivity index (χ2v) is 4.97. The number of hydrogen-bond donors (Lipinski definition) is 1. The highest BCUT2D eigenvalue weighted by Gasteiger charge is 2.35. The van der Waals surface area contributed by atoms with Crippen LogP contribution in [0.15, 0.2) is 29.6 Å². The van der Waals surface area contributed by atoms with Crippen molar-refractivity contribution in [3.8, 4) is 5.82 Å². The number of rotatable bonds is 2. The maximum atomic E-state index is 12.3. The zero-order valence-corrected chi connectivity index (χ0v) is 9.85. The van der Waals surface area contributed by atoms with E-state index in [1.807, 2.05) is 0 Å². The SMILES string of the molecule is NS(=O)(=O)c1ccc(-n2cnc(C(F)(F)F)n2)nc1. The van der Waals surface area contributed by atoms with Gasteiger partial charge in [0, 0.05) is 6.20 Å². The molecule has 2 aromatic rings. The van der Waals surface area contributed by atoms with Crippen LogP contribution in [0.3, 0.4) is 0 Å². The van der Waals surface area contributed by atoms with Crippen LogP contribution in [0.2, 0.25) is 0 Å². The van der Waals surface area contributed by atoms with E-state index >= 15 is 0 Å². The minimum absolute atomic E-state index is 0.0181. The Balaban J connectivity index is 2.36. The van der Waals surface area contributed by atoms with Crippen LogP contribution in [0.4, 0.5) is 13.2 Å². The molecule has 0 aliphatic heterocycles. The van der Waals surface area contributed by atoms with Crippen molar-refractivity contribution in [1.82, 2.24) is 19.7 Å². The van der Waals surface area contributed by atoms with Gasteiger partial charge in [-0.2, -0.15) is 13.2 Å². The lowest BCUT2D eigenvalue weighted by molar-refractivity contribution is -0.144. The van der Waals surface area contributed by atoms with Crippen LogP contribution in [0.5, 0.6) is 0 Å². The average Bonchev–Trinajstić information content (AvgIpc) is 2.77. The summed E-state index contributed by atoms with van der Waals surface area (Å²) < 4.78 is 59.6. The summed E-state index contributed by atoms with van der Waals surface area (Å²) in [6, 6.07) is 2.27. The quantitative estimate of drug-likeness (QED) is 0.859. The fourth-order valence-corrected chi connectivity index (χ4v) is 1.64. The third-order valence-electron chi connectivity index (χ3n) is 2.03. The molecule has 7 nitrogen and oxygen atoms in total. The van der Waals surface area contributed by atoms with Gasteiger partial charge >= 0.3 is 6.18 Å². The number of alkyl halides is 3. The number of hydrogen-bond acceptors (Lipinski definition) is 5. The Bertz CT molecular complexity index is 692. The summed E-state index contributed by atoms with van der Waals surface area (Å²) in [6.45, 7) is 0. The molecule has 0 unspecified atom stereocenters. The summed E-state index contributed by atoms with van der Waals surface area (Å²) >= 11 is 0. The molecular weight excluding hydrogens is 287 g/mol. The number of nitrogens with two attached hydrogens (primary N) is 1. The van der Waals surface area contributed by atoms with Crippen molar-refractivity contribution < 1.29 is 21.6 Å². The van der Waals surface area contributed by atoms with Gasteiger partial charge < -0.3 is 0 Å². The molecule has 0 aromatic carbocycles. The minimum Gasteiger partial charge on any atom is -0.236 e. The monoisotopic (exact) mass is 293 g/mol. The van der Waals surface area contributed by atoms with Crippen molar-refractivity contribution >= 4 is 10.0 Å². The molecule has 0 amide bonds. The molecule has 11 heteroatoms. The van der Waals surface area contributed by atoms with Gasteiger partial charge in [-0.3, -0.25) is 0 Å². The van der Waals surface area contributed by atoms with E-state index in [2.05, 4.69) is 15.1 Å². The molecule has 0 aliphatic carbocycles. The predicted octanol–water partition coefficient (Wildman–Crippen LogP) is 0.329. The highest BCUT2D eigenvalue weighted by molar-refractivity contribution is 7.89. The Hall–Kier alpha value is -2.01. The fourth-order valence-electron chi connectivity index (χ4n) is 1.18. The van der Waals surface area contributed by atoms with Crippen LogP contribution >= 0.6 is 0 Å². The predicted molar refractivity (Wildman–Crippen MR) is 55.5 cm³/mol. The van der Waals surface area contributed by atoms with E-state index < -0.39 is 22.0 Å². The van der Waals surface area contributed by atoms with Crippen molar-refractivity contribution in [1.29, 1.82) is 0 Å². The topological polar surface area (TPSA) is 104 Å². The molecule has 0 bridgehead atoms. The lowest BCUT2D eigenvalue weighted by Gasteiger charge is -2.01. The van der Waals surface area contributed by atoms with Gasteiger partial charge in [-0.1, -0.05) is 0 Å². The molecule has 2 rings (SSSR count). The van der Waals surface area contributed by atoms with Gasteiger partial charge in [0.25, 0.3) is 5.82 Å². The smallest absolute Gasteiger partial charge is 0.236 e. The molecule has 2 aromatic heterocycles. The van der Waals surface area contributed by atoms with Crippen molar-refractivity contribution in [2.24, 2.45) is 5.14 Å². The van der Waals surface area contributed by atoms with E-state index in [4.69, 9.17) is 5.14 Å². The largest absolute Gasteiger partial charge is 0.453 e. The lowest BCUT2D eigenvalue weighted by Crippen LogP contribution is -2.13. The van der Waals surface area contributed by atoms with Crippen LogP contribution in [-0.2, 0) is 16.2 Å². The normalized spacial score (nSPS) is 12.6. The summed E-state index contributed by atoms with van der Waals surface area (Å²) in [5.74, 6) is -1.33. The highest BCUT2D eigenvalue weighted by atomic mass is 32.2. The summed E-state index contributed by atoms with van der Waals surface area (Å²) in [5.41, 5.74) is 0. The van der Waals surface area contributed by atoms with Gasteiger partial charge in [0.1, 0.15) is 11.2 Å². The van der Waals surface area contributed by atoms with E-state index in [0.29, 0.717) is 0 Å². The Morgan fingerprint density at radius 2 is 1.89 bits per heavy atom. The van der Waals surface area contributed by atoms with Crippen LogP contribution in [0, 0.1) is 0 Å². The van der Waals surface area contributed by atoms with Gasteiger partial charge in [-0.25, -0.2) is 28.2 Å². The molecule has 0 spiro atoms. The number of pyridine rings is 1. The van der Waals surface area contributed by atoms with Crippen LogP contribution < -0.4 is 5.14 Å². The summed E-state index contributed by atoms with van der Waals surface area (Å²) in [6.07, 6.45) is -2.92. The number of halogens is 3. The van der Waals surface area contributed by atoms with E-state index in [0.717, 1.165) is 29.3 Å². The number of nitrogens with zero attached hydrogens (tertiary/aromatic N) is 4. The van der Waals surface area contributed by atoms with Crippen molar-refractivity contribution in [2.45, 2.75) is 11.1 Å². The first kappa shape index (κ1) is 13.4. The van der Waals surface area contributed by atoms with Gasteiger partial charge in [0.2, 0.25) is 10.0 Å². The first-order valence-electron chi connectivity index (χ1n) is 4.66. The summed E-state index contributed by atoms with van der Waals surface area (Å²) in [4.78, 5) is 6.47. The van der Waals surface area contributed by atoms with Gasteiger partial charge in [0.15, 0.2) is 5.82 Å². The van der Waals surface area contributed by atoms with E-state index in [1.165, 1.54) is 0 Å². The average molecular weight is 293 g/mol. The molecule has 0 saturated heterocycles. The van der Waals surface area contributed by atoms with E-state index in [9.17, 15) is 21.6 Å². The molecule has 0 fully saturated rings. The maximum Gasteiger partial charge on any atom is 0.453 e. The molecule has 19 heavy (non-hydrogen) atoms. The molecule has 2 heterocycles. The van der Waals surface area contributed by atoms with Gasteiger partial charge in [-0.15, -0.1) is 5.10 Å². The highest BCUT2D eigenvalue weighted by Crippen LogP contribution is 2.25. The van der Waals surface area contributed by atoms with E-state index in [-0.39, 0.29) is 10.7 Å². The van der Waals surface area contributed by atoms with Crippen LogP contribution in [0.25, 0.3) is 5.82 Å². The molecule has 0 aliphatic rings. The Kier molecular flexibility index (Phi) is 3.02. The molecule has 0 atom stereocenters. The van der Waals surface area contributed by atoms with Crippen molar-refractivity contribution in [3.63, 3.8) is 0 Å². The van der Waals surface area contributed by atoms with Crippen molar-refractivity contribution in [3.05, 3.63) is 30.5 Å². The van der Waals surface area contributed by atoms with Crippen molar-refractivity contribution in [2.75, 3.05) is 0 Å². The maximum absolute atomic E-state index is 12.3. The fraction of sp³-hybridized carbons (Fsp3) is 0.125. The Labute approximate surface area is 104 Å². The third-order valence-corrected chi connectivity index (χ3v) is 2.93. The second kappa shape index (κ2) is 4.28. The molecular formula is C8H6F3N5O2S. The second-order valence-electron chi connectivity index (χ2n) is 3.41. The summed E-state index contributed by atoms with van der Waals surface area (Å²) in [7, 11) is -3.91. The minimum atomic E-state index is -4.66. The van der Waals surface area contributed by atoms with Crippen LogP contribution in [0.1, 0.15) is 5.82 Å².